The zero-order valence-corrected chi connectivity index (χ0v) is 10.7. The predicted molar refractivity (Wildman–Crippen MR) is 70.3 cm³/mol. The van der Waals surface area contributed by atoms with Gasteiger partial charge in [0.1, 0.15) is 11.6 Å². The van der Waals surface area contributed by atoms with E-state index < -0.39 is 0 Å². The van der Waals surface area contributed by atoms with E-state index in [4.69, 9.17) is 4.74 Å². The summed E-state index contributed by atoms with van der Waals surface area (Å²) in [6.07, 6.45) is 1.79. The number of nitrogens with one attached hydrogen (secondary N) is 1. The first-order valence-corrected chi connectivity index (χ1v) is 6.17. The molecule has 0 aromatic heterocycles. The Kier molecular flexibility index (Phi) is 4.33. The highest BCUT2D eigenvalue weighted by Gasteiger charge is 2.22. The van der Waals surface area contributed by atoms with Gasteiger partial charge in [-0.3, -0.25) is 4.90 Å². The Morgan fingerprint density at radius 2 is 2.17 bits per heavy atom. The number of hydrogen-bond acceptors (Lipinski definition) is 3. The van der Waals surface area contributed by atoms with Gasteiger partial charge in [-0.15, -0.1) is 6.58 Å². The topological polar surface area (TPSA) is 24.5 Å². The van der Waals surface area contributed by atoms with Crippen molar-refractivity contribution in [2.24, 2.45) is 0 Å². The lowest BCUT2D eigenvalue weighted by Gasteiger charge is -2.33. The first-order valence-electron chi connectivity index (χ1n) is 6.17. The van der Waals surface area contributed by atoms with Gasteiger partial charge in [-0.25, -0.2) is 4.39 Å². The zero-order chi connectivity index (χ0) is 13.0. The highest BCUT2D eigenvalue weighted by Crippen LogP contribution is 2.28. The monoisotopic (exact) mass is 250 g/mol. The quantitative estimate of drug-likeness (QED) is 0.827. The first kappa shape index (κ1) is 13.1. The van der Waals surface area contributed by atoms with Crippen molar-refractivity contribution in [1.29, 1.82) is 0 Å². The summed E-state index contributed by atoms with van der Waals surface area (Å²) in [5.74, 6) is 0.465. The van der Waals surface area contributed by atoms with Gasteiger partial charge >= 0.3 is 0 Å². The molecule has 0 radical (unpaired) electrons. The molecule has 0 amide bonds. The fraction of sp³-hybridized carbons (Fsp3) is 0.429. The van der Waals surface area contributed by atoms with Crippen molar-refractivity contribution in [2.45, 2.75) is 6.04 Å². The van der Waals surface area contributed by atoms with Gasteiger partial charge < -0.3 is 10.1 Å². The van der Waals surface area contributed by atoms with Gasteiger partial charge in [0.2, 0.25) is 0 Å². The second-order valence-electron chi connectivity index (χ2n) is 4.35. The van der Waals surface area contributed by atoms with E-state index in [9.17, 15) is 4.39 Å². The van der Waals surface area contributed by atoms with Gasteiger partial charge in [-0.1, -0.05) is 6.08 Å². The number of rotatable bonds is 4. The summed E-state index contributed by atoms with van der Waals surface area (Å²) in [6, 6.07) is 4.75. The van der Waals surface area contributed by atoms with Gasteiger partial charge in [-0.05, 0) is 18.2 Å². The van der Waals surface area contributed by atoms with Gasteiger partial charge in [0, 0.05) is 31.7 Å². The molecule has 0 spiro atoms. The molecule has 98 valence electrons. The number of ether oxygens (including phenoxy) is 1. The Morgan fingerprint density at radius 1 is 1.44 bits per heavy atom. The maximum Gasteiger partial charge on any atom is 0.128 e. The van der Waals surface area contributed by atoms with Crippen molar-refractivity contribution in [3.8, 4) is 5.75 Å². The van der Waals surface area contributed by atoms with Crippen LogP contribution in [0.25, 0.3) is 0 Å². The number of benzene rings is 1. The third-order valence-electron chi connectivity index (χ3n) is 3.29. The highest BCUT2D eigenvalue weighted by atomic mass is 19.1. The third kappa shape index (κ3) is 2.71. The number of nitrogens with zero attached hydrogens (tertiary/aromatic N) is 1. The first-order chi connectivity index (χ1) is 8.76. The molecule has 18 heavy (non-hydrogen) atoms. The average molecular weight is 250 g/mol. The molecule has 4 heteroatoms. The summed E-state index contributed by atoms with van der Waals surface area (Å²) in [6.45, 7) is 7.49. The standard InChI is InChI=1S/C14H19FN2O/c1-3-14(17-8-6-16-7-9-17)12-10-11(18-2)4-5-13(12)15/h3-5,10,14,16H,1,6-9H2,2H3/t14-/m0/s1. The second kappa shape index (κ2) is 5.98. The Hall–Kier alpha value is -1.39. The lowest BCUT2D eigenvalue weighted by atomic mass is 10.0. The molecule has 1 saturated heterocycles. The van der Waals surface area contributed by atoms with Crippen LogP contribution in [-0.2, 0) is 0 Å². The smallest absolute Gasteiger partial charge is 0.128 e. The number of piperazine rings is 1. The van der Waals surface area contributed by atoms with Crippen LogP contribution in [0.2, 0.25) is 0 Å². The molecule has 0 saturated carbocycles. The maximum atomic E-state index is 14.0. The Bertz CT molecular complexity index is 416. The minimum Gasteiger partial charge on any atom is -0.497 e. The third-order valence-corrected chi connectivity index (χ3v) is 3.29. The van der Waals surface area contributed by atoms with Crippen LogP contribution in [0.5, 0.6) is 5.75 Å². The summed E-state index contributed by atoms with van der Waals surface area (Å²) < 4.78 is 19.1. The average Bonchev–Trinajstić information content (AvgIpc) is 2.43. The van der Waals surface area contributed by atoms with Crippen LogP contribution < -0.4 is 10.1 Å². The van der Waals surface area contributed by atoms with E-state index in [1.807, 2.05) is 0 Å². The summed E-state index contributed by atoms with van der Waals surface area (Å²) in [7, 11) is 1.59. The van der Waals surface area contributed by atoms with Crippen molar-refractivity contribution < 1.29 is 9.13 Å². The Balaban J connectivity index is 2.28. The van der Waals surface area contributed by atoms with Crippen molar-refractivity contribution in [2.75, 3.05) is 33.3 Å². The highest BCUT2D eigenvalue weighted by molar-refractivity contribution is 5.33. The minimum atomic E-state index is -0.209. The molecule has 1 N–H and O–H groups in total. The molecule has 1 heterocycles. The van der Waals surface area contributed by atoms with Crippen molar-refractivity contribution in [3.63, 3.8) is 0 Å². The van der Waals surface area contributed by atoms with E-state index in [-0.39, 0.29) is 11.9 Å². The molecule has 3 nitrogen and oxygen atoms in total. The van der Waals surface area contributed by atoms with Crippen molar-refractivity contribution in [1.82, 2.24) is 10.2 Å². The lowest BCUT2D eigenvalue weighted by molar-refractivity contribution is 0.200. The van der Waals surface area contributed by atoms with Crippen molar-refractivity contribution >= 4 is 0 Å². The Labute approximate surface area is 107 Å². The molecule has 1 aliphatic rings. The van der Waals surface area contributed by atoms with E-state index in [2.05, 4.69) is 16.8 Å². The van der Waals surface area contributed by atoms with E-state index in [0.717, 1.165) is 26.2 Å². The maximum absolute atomic E-state index is 14.0. The molecule has 1 atom stereocenters. The summed E-state index contributed by atoms with van der Waals surface area (Å²) in [5.41, 5.74) is 0.631. The fourth-order valence-corrected chi connectivity index (χ4v) is 2.31. The summed E-state index contributed by atoms with van der Waals surface area (Å²) in [5, 5.41) is 3.29. The summed E-state index contributed by atoms with van der Waals surface area (Å²) in [4.78, 5) is 2.22. The number of hydrogen-bond donors (Lipinski definition) is 1. The lowest BCUT2D eigenvalue weighted by Crippen LogP contribution is -2.44. The SMILES string of the molecule is C=C[C@@H](c1cc(OC)ccc1F)N1CCNCC1. The molecule has 1 aromatic rings. The van der Waals surface area contributed by atoms with Gasteiger partial charge in [0.05, 0.1) is 13.2 Å². The van der Waals surface area contributed by atoms with E-state index >= 15 is 0 Å². The van der Waals surface area contributed by atoms with Crippen LogP contribution in [-0.4, -0.2) is 38.2 Å². The van der Waals surface area contributed by atoms with E-state index in [1.54, 1.807) is 25.3 Å². The van der Waals surface area contributed by atoms with Gasteiger partial charge in [0.15, 0.2) is 0 Å². The molecule has 1 aliphatic heterocycles. The van der Waals surface area contributed by atoms with E-state index in [0.29, 0.717) is 11.3 Å². The Morgan fingerprint density at radius 3 is 2.78 bits per heavy atom. The van der Waals surface area contributed by atoms with Gasteiger partial charge in [0.25, 0.3) is 0 Å². The van der Waals surface area contributed by atoms with Crippen LogP contribution >= 0.6 is 0 Å². The van der Waals surface area contributed by atoms with Gasteiger partial charge in [-0.2, -0.15) is 0 Å². The molecule has 0 aliphatic carbocycles. The molecular weight excluding hydrogens is 231 g/mol. The van der Waals surface area contributed by atoms with Crippen LogP contribution in [0, 0.1) is 5.82 Å². The molecule has 2 rings (SSSR count). The van der Waals surface area contributed by atoms with Crippen LogP contribution in [0.1, 0.15) is 11.6 Å². The fourth-order valence-electron chi connectivity index (χ4n) is 2.31. The normalized spacial score (nSPS) is 18.3. The largest absolute Gasteiger partial charge is 0.497 e. The molecular formula is C14H19FN2O. The van der Waals surface area contributed by atoms with E-state index in [1.165, 1.54) is 6.07 Å². The molecule has 1 fully saturated rings. The predicted octanol–water partition coefficient (Wildman–Crippen LogP) is 1.97. The molecule has 1 aromatic carbocycles. The van der Waals surface area contributed by atoms with Crippen LogP contribution in [0.4, 0.5) is 4.39 Å². The molecule has 0 bridgehead atoms. The van der Waals surface area contributed by atoms with Crippen LogP contribution in [0.15, 0.2) is 30.9 Å². The minimum absolute atomic E-state index is 0.0952. The number of methoxy groups -OCH3 is 1. The second-order valence-corrected chi connectivity index (χ2v) is 4.35. The molecule has 0 unspecified atom stereocenters. The zero-order valence-electron chi connectivity index (χ0n) is 10.7. The van der Waals surface area contributed by atoms with Crippen LogP contribution in [0.3, 0.4) is 0 Å². The summed E-state index contributed by atoms with van der Waals surface area (Å²) >= 11 is 0. The number of halogens is 1. The van der Waals surface area contributed by atoms with Crippen molar-refractivity contribution in [3.05, 3.63) is 42.2 Å².